The van der Waals surface area contributed by atoms with Gasteiger partial charge in [-0.15, -0.1) is 0 Å². The van der Waals surface area contributed by atoms with E-state index in [4.69, 9.17) is 9.47 Å². The number of esters is 1. The molecule has 0 fully saturated rings. The van der Waals surface area contributed by atoms with E-state index in [1.54, 1.807) is 31.2 Å². The molecule has 0 aliphatic rings. The predicted molar refractivity (Wildman–Crippen MR) is 93.3 cm³/mol. The van der Waals surface area contributed by atoms with Gasteiger partial charge in [0.1, 0.15) is 12.4 Å². The predicted octanol–water partition coefficient (Wildman–Crippen LogP) is 2.78. The molecule has 0 aromatic heterocycles. The summed E-state index contributed by atoms with van der Waals surface area (Å²) >= 11 is 0. The van der Waals surface area contributed by atoms with Gasteiger partial charge >= 0.3 is 5.97 Å². The average Bonchev–Trinajstić information content (AvgIpc) is 2.63. The molecule has 1 amide bonds. The number of hydrogen-bond acceptors (Lipinski definition) is 5. The zero-order valence-corrected chi connectivity index (χ0v) is 14.2. The molecule has 0 aliphatic heterocycles. The highest BCUT2D eigenvalue weighted by atomic mass is 16.6. The van der Waals surface area contributed by atoms with Crippen molar-refractivity contribution < 1.29 is 23.8 Å². The molecule has 6 heteroatoms. The zero-order valence-electron chi connectivity index (χ0n) is 14.2. The van der Waals surface area contributed by atoms with Gasteiger partial charge in [-0.2, -0.15) is 0 Å². The van der Waals surface area contributed by atoms with Gasteiger partial charge in [-0.25, -0.2) is 4.79 Å². The fourth-order valence-electron chi connectivity index (χ4n) is 2.07. The highest BCUT2D eigenvalue weighted by molar-refractivity contribution is 5.91. The maximum absolute atomic E-state index is 11.9. The van der Waals surface area contributed by atoms with Crippen LogP contribution in [0.3, 0.4) is 0 Å². The van der Waals surface area contributed by atoms with Crippen LogP contribution in [0.25, 0.3) is 0 Å². The van der Waals surface area contributed by atoms with Crippen LogP contribution in [0.4, 0.5) is 5.69 Å². The number of benzene rings is 2. The lowest BCUT2D eigenvalue weighted by atomic mass is 10.2. The highest BCUT2D eigenvalue weighted by Crippen LogP contribution is 2.17. The molecular formula is C19H21NO5. The Kier molecular flexibility index (Phi) is 6.98. The Balaban J connectivity index is 1.76. The average molecular weight is 343 g/mol. The SMILES string of the molecule is COC(=O)[C@@H](C)Oc1ccc(NC(=O)COCc2ccccc2)cc1. The minimum absolute atomic E-state index is 0.0352. The van der Waals surface area contributed by atoms with Crippen LogP contribution >= 0.6 is 0 Å². The largest absolute Gasteiger partial charge is 0.479 e. The summed E-state index contributed by atoms with van der Waals surface area (Å²) in [6, 6.07) is 16.4. The van der Waals surface area contributed by atoms with Crippen molar-refractivity contribution in [2.24, 2.45) is 0 Å². The fraction of sp³-hybridized carbons (Fsp3) is 0.263. The summed E-state index contributed by atoms with van der Waals surface area (Å²) in [5, 5.41) is 2.73. The molecule has 25 heavy (non-hydrogen) atoms. The maximum atomic E-state index is 11.9. The first-order chi connectivity index (χ1) is 12.1. The van der Waals surface area contributed by atoms with E-state index in [1.807, 2.05) is 30.3 Å². The van der Waals surface area contributed by atoms with Crippen molar-refractivity contribution in [3.05, 3.63) is 60.2 Å². The van der Waals surface area contributed by atoms with Crippen molar-refractivity contribution in [3.8, 4) is 5.75 Å². The van der Waals surface area contributed by atoms with E-state index in [0.717, 1.165) is 5.56 Å². The van der Waals surface area contributed by atoms with Crippen LogP contribution in [-0.2, 0) is 25.7 Å². The summed E-state index contributed by atoms with van der Waals surface area (Å²) in [5.74, 6) is -0.184. The smallest absolute Gasteiger partial charge is 0.346 e. The summed E-state index contributed by atoms with van der Waals surface area (Å²) < 4.78 is 15.4. The first-order valence-electron chi connectivity index (χ1n) is 7.84. The van der Waals surface area contributed by atoms with Gasteiger partial charge in [-0.1, -0.05) is 30.3 Å². The lowest BCUT2D eigenvalue weighted by Gasteiger charge is -2.13. The first kappa shape index (κ1) is 18.5. The van der Waals surface area contributed by atoms with Gasteiger partial charge in [0.05, 0.1) is 13.7 Å². The summed E-state index contributed by atoms with van der Waals surface area (Å²) in [5.41, 5.74) is 1.63. The van der Waals surface area contributed by atoms with Gasteiger partial charge in [-0.05, 0) is 36.8 Å². The highest BCUT2D eigenvalue weighted by Gasteiger charge is 2.14. The zero-order chi connectivity index (χ0) is 18.1. The molecule has 2 aromatic rings. The van der Waals surface area contributed by atoms with Crippen LogP contribution < -0.4 is 10.1 Å². The summed E-state index contributed by atoms with van der Waals surface area (Å²) in [6.45, 7) is 1.95. The van der Waals surface area contributed by atoms with Gasteiger partial charge in [0.15, 0.2) is 6.10 Å². The van der Waals surface area contributed by atoms with Gasteiger partial charge in [-0.3, -0.25) is 4.79 Å². The number of rotatable bonds is 8. The Morgan fingerprint density at radius 1 is 1.04 bits per heavy atom. The van der Waals surface area contributed by atoms with E-state index in [0.29, 0.717) is 18.0 Å². The second-order valence-corrected chi connectivity index (χ2v) is 5.33. The number of carbonyl (C=O) groups excluding carboxylic acids is 2. The van der Waals surface area contributed by atoms with Gasteiger partial charge in [0, 0.05) is 5.69 Å². The minimum atomic E-state index is -0.697. The van der Waals surface area contributed by atoms with Crippen LogP contribution in [0.15, 0.2) is 54.6 Å². The number of amides is 1. The van der Waals surface area contributed by atoms with E-state index in [-0.39, 0.29) is 12.5 Å². The van der Waals surface area contributed by atoms with E-state index < -0.39 is 12.1 Å². The lowest BCUT2D eigenvalue weighted by molar-refractivity contribution is -0.147. The molecule has 1 atom stereocenters. The fourth-order valence-corrected chi connectivity index (χ4v) is 2.07. The van der Waals surface area contributed by atoms with Crippen LogP contribution in [-0.4, -0.2) is 31.7 Å². The van der Waals surface area contributed by atoms with Crippen LogP contribution in [0.1, 0.15) is 12.5 Å². The maximum Gasteiger partial charge on any atom is 0.346 e. The van der Waals surface area contributed by atoms with Crippen molar-refractivity contribution in [2.45, 2.75) is 19.6 Å². The molecule has 0 radical (unpaired) electrons. The van der Waals surface area contributed by atoms with Crippen molar-refractivity contribution in [1.82, 2.24) is 0 Å². The summed E-state index contributed by atoms with van der Waals surface area (Å²) in [7, 11) is 1.31. The molecule has 0 saturated carbocycles. The number of ether oxygens (including phenoxy) is 3. The second kappa shape index (κ2) is 9.44. The van der Waals surface area contributed by atoms with Crippen molar-refractivity contribution in [3.63, 3.8) is 0 Å². The lowest BCUT2D eigenvalue weighted by Crippen LogP contribution is -2.24. The van der Waals surface area contributed by atoms with Gasteiger partial charge < -0.3 is 19.5 Å². The quantitative estimate of drug-likeness (QED) is 0.746. The standard InChI is InChI=1S/C19H21NO5/c1-14(19(22)23-2)25-17-10-8-16(9-11-17)20-18(21)13-24-12-15-6-4-3-5-7-15/h3-11,14H,12-13H2,1-2H3,(H,20,21)/t14-/m1/s1. The molecule has 1 N–H and O–H groups in total. The Bertz CT molecular complexity index is 685. The summed E-state index contributed by atoms with van der Waals surface area (Å²) in [6.07, 6.45) is -0.697. The monoisotopic (exact) mass is 343 g/mol. The number of hydrogen-bond donors (Lipinski definition) is 1. The van der Waals surface area contributed by atoms with Crippen molar-refractivity contribution >= 4 is 17.6 Å². The molecule has 0 bridgehead atoms. The number of nitrogens with one attached hydrogen (secondary N) is 1. The third-order valence-corrected chi connectivity index (χ3v) is 3.33. The normalized spacial score (nSPS) is 11.4. The molecule has 0 saturated heterocycles. The number of anilines is 1. The topological polar surface area (TPSA) is 73.9 Å². The molecule has 0 unspecified atom stereocenters. The molecule has 132 valence electrons. The Morgan fingerprint density at radius 2 is 1.72 bits per heavy atom. The van der Waals surface area contributed by atoms with Crippen LogP contribution in [0, 0.1) is 0 Å². The number of carbonyl (C=O) groups is 2. The first-order valence-corrected chi connectivity index (χ1v) is 7.84. The van der Waals surface area contributed by atoms with Gasteiger partial charge in [0.2, 0.25) is 5.91 Å². The van der Waals surface area contributed by atoms with Crippen LogP contribution in [0.2, 0.25) is 0 Å². The van der Waals surface area contributed by atoms with E-state index >= 15 is 0 Å². The molecule has 0 spiro atoms. The third kappa shape index (κ3) is 6.27. The molecule has 0 heterocycles. The van der Waals surface area contributed by atoms with Crippen LogP contribution in [0.5, 0.6) is 5.75 Å². The van der Waals surface area contributed by atoms with E-state index in [1.165, 1.54) is 7.11 Å². The minimum Gasteiger partial charge on any atom is -0.479 e. The number of methoxy groups -OCH3 is 1. The molecular weight excluding hydrogens is 322 g/mol. The Hall–Kier alpha value is -2.86. The third-order valence-electron chi connectivity index (χ3n) is 3.33. The van der Waals surface area contributed by atoms with E-state index in [9.17, 15) is 9.59 Å². The molecule has 2 rings (SSSR count). The van der Waals surface area contributed by atoms with Crippen molar-refractivity contribution in [1.29, 1.82) is 0 Å². The van der Waals surface area contributed by atoms with Crippen molar-refractivity contribution in [2.75, 3.05) is 19.0 Å². The molecule has 0 aliphatic carbocycles. The second-order valence-electron chi connectivity index (χ2n) is 5.33. The van der Waals surface area contributed by atoms with E-state index in [2.05, 4.69) is 10.1 Å². The molecule has 6 nitrogen and oxygen atoms in total. The Morgan fingerprint density at radius 3 is 2.36 bits per heavy atom. The van der Waals surface area contributed by atoms with Gasteiger partial charge in [0.25, 0.3) is 0 Å². The summed E-state index contributed by atoms with van der Waals surface area (Å²) in [4.78, 5) is 23.2. The Labute approximate surface area is 146 Å². The molecule has 2 aromatic carbocycles.